The molecule has 0 saturated heterocycles. The van der Waals surface area contributed by atoms with Gasteiger partial charge in [0, 0.05) is 8.95 Å². The molecule has 0 unspecified atom stereocenters. The van der Waals surface area contributed by atoms with Crippen LogP contribution in [0.1, 0.15) is 18.1 Å². The van der Waals surface area contributed by atoms with Crippen molar-refractivity contribution in [1.82, 2.24) is 0 Å². The number of halogens is 2. The third kappa shape index (κ3) is 5.10. The van der Waals surface area contributed by atoms with Crippen LogP contribution in [0.15, 0.2) is 69.1 Å². The van der Waals surface area contributed by atoms with Crippen LogP contribution in [0, 0.1) is 0 Å². The Kier molecular flexibility index (Phi) is 5.71. The van der Waals surface area contributed by atoms with E-state index in [0.29, 0.717) is 5.57 Å². The third-order valence-electron chi connectivity index (χ3n) is 2.90. The Hall–Kier alpha value is -1.45. The molecule has 0 aliphatic heterocycles. The number of hydrogen-bond acceptors (Lipinski definition) is 1. The molecule has 0 aromatic heterocycles. The predicted octanol–water partition coefficient (Wildman–Crippen LogP) is 5.90. The molecule has 0 aliphatic carbocycles. The van der Waals surface area contributed by atoms with Gasteiger partial charge in [-0.3, -0.25) is 4.79 Å². The molecular weight excluding hydrogens is 392 g/mol. The van der Waals surface area contributed by atoms with Crippen molar-refractivity contribution in [3.63, 3.8) is 0 Å². The standard InChI is InChI=1S/C18H14Br2O/c1-13(10-15-5-3-7-17(20)12-15)18(21)9-8-14-4-2-6-16(19)11-14/h2-12H,1H3. The van der Waals surface area contributed by atoms with Crippen LogP contribution in [0.5, 0.6) is 0 Å². The average molecular weight is 406 g/mol. The highest BCUT2D eigenvalue weighted by Gasteiger charge is 2.00. The quantitative estimate of drug-likeness (QED) is 0.579. The van der Waals surface area contributed by atoms with Crippen LogP contribution < -0.4 is 0 Å². The van der Waals surface area contributed by atoms with Gasteiger partial charge in [0.15, 0.2) is 5.78 Å². The van der Waals surface area contributed by atoms with E-state index in [9.17, 15) is 4.79 Å². The second-order valence-electron chi connectivity index (χ2n) is 4.63. The monoisotopic (exact) mass is 404 g/mol. The first-order valence-corrected chi connectivity index (χ1v) is 8.05. The van der Waals surface area contributed by atoms with Crippen molar-refractivity contribution in [2.24, 2.45) is 0 Å². The molecule has 0 N–H and O–H groups in total. The van der Waals surface area contributed by atoms with E-state index in [4.69, 9.17) is 0 Å². The summed E-state index contributed by atoms with van der Waals surface area (Å²) >= 11 is 6.84. The summed E-state index contributed by atoms with van der Waals surface area (Å²) in [5.41, 5.74) is 2.71. The second-order valence-corrected chi connectivity index (χ2v) is 6.47. The molecule has 3 heteroatoms. The maximum Gasteiger partial charge on any atom is 0.181 e. The van der Waals surface area contributed by atoms with Crippen molar-refractivity contribution in [2.45, 2.75) is 6.92 Å². The minimum absolute atomic E-state index is 0.00921. The lowest BCUT2D eigenvalue weighted by Gasteiger charge is -1.99. The fourth-order valence-corrected chi connectivity index (χ4v) is 2.67. The van der Waals surface area contributed by atoms with E-state index in [0.717, 1.165) is 20.1 Å². The van der Waals surface area contributed by atoms with Gasteiger partial charge in [0.2, 0.25) is 0 Å². The Bertz CT molecular complexity index is 715. The van der Waals surface area contributed by atoms with Crippen molar-refractivity contribution < 1.29 is 4.79 Å². The van der Waals surface area contributed by atoms with Gasteiger partial charge in [-0.25, -0.2) is 0 Å². The summed E-state index contributed by atoms with van der Waals surface area (Å²) < 4.78 is 2.00. The summed E-state index contributed by atoms with van der Waals surface area (Å²) in [6, 6.07) is 15.7. The van der Waals surface area contributed by atoms with Gasteiger partial charge >= 0.3 is 0 Å². The summed E-state index contributed by atoms with van der Waals surface area (Å²) in [6.45, 7) is 1.83. The zero-order valence-electron chi connectivity index (χ0n) is 11.5. The molecule has 0 heterocycles. The number of benzene rings is 2. The molecule has 0 spiro atoms. The molecule has 0 bridgehead atoms. The molecule has 2 aromatic carbocycles. The van der Waals surface area contributed by atoms with Gasteiger partial charge in [-0.1, -0.05) is 62.2 Å². The number of allylic oxidation sites excluding steroid dienone is 2. The van der Waals surface area contributed by atoms with Crippen LogP contribution in [0.25, 0.3) is 12.2 Å². The zero-order chi connectivity index (χ0) is 15.2. The first-order chi connectivity index (χ1) is 10.0. The van der Waals surface area contributed by atoms with E-state index in [1.54, 1.807) is 6.08 Å². The highest BCUT2D eigenvalue weighted by atomic mass is 79.9. The lowest BCUT2D eigenvalue weighted by Crippen LogP contribution is -1.94. The van der Waals surface area contributed by atoms with Gasteiger partial charge in [0.25, 0.3) is 0 Å². The van der Waals surface area contributed by atoms with Gasteiger partial charge in [0.05, 0.1) is 0 Å². The molecule has 2 aromatic rings. The molecular formula is C18H14Br2O. The van der Waals surface area contributed by atoms with Gasteiger partial charge in [-0.15, -0.1) is 0 Å². The number of ketones is 1. The van der Waals surface area contributed by atoms with Gasteiger partial charge in [0.1, 0.15) is 0 Å². The largest absolute Gasteiger partial charge is 0.290 e. The zero-order valence-corrected chi connectivity index (χ0v) is 14.7. The highest BCUT2D eigenvalue weighted by molar-refractivity contribution is 9.10. The Balaban J connectivity index is 2.12. The van der Waals surface area contributed by atoms with Crippen LogP contribution >= 0.6 is 31.9 Å². The summed E-state index contributed by atoms with van der Waals surface area (Å²) in [5, 5.41) is 0. The Morgan fingerprint density at radius 1 is 0.952 bits per heavy atom. The molecule has 2 rings (SSSR count). The SMILES string of the molecule is CC(=Cc1cccc(Br)c1)C(=O)C=Cc1cccc(Br)c1. The van der Waals surface area contributed by atoms with E-state index in [-0.39, 0.29) is 5.78 Å². The maximum absolute atomic E-state index is 12.1. The summed E-state index contributed by atoms with van der Waals surface area (Å²) in [6.07, 6.45) is 5.31. The first kappa shape index (κ1) is 15.9. The van der Waals surface area contributed by atoms with Crippen LogP contribution in [0.2, 0.25) is 0 Å². The van der Waals surface area contributed by atoms with Gasteiger partial charge in [-0.2, -0.15) is 0 Å². The van der Waals surface area contributed by atoms with Crippen molar-refractivity contribution in [3.8, 4) is 0 Å². The summed E-state index contributed by atoms with van der Waals surface area (Å²) in [4.78, 5) is 12.1. The minimum atomic E-state index is 0.00921. The number of carbonyl (C=O) groups excluding carboxylic acids is 1. The fourth-order valence-electron chi connectivity index (χ4n) is 1.83. The maximum atomic E-state index is 12.1. The summed E-state index contributed by atoms with van der Waals surface area (Å²) in [5.74, 6) is 0.00921. The minimum Gasteiger partial charge on any atom is -0.290 e. The number of rotatable bonds is 4. The van der Waals surface area contributed by atoms with E-state index in [2.05, 4.69) is 31.9 Å². The lowest BCUT2D eigenvalue weighted by atomic mass is 10.1. The van der Waals surface area contributed by atoms with Crippen molar-refractivity contribution in [1.29, 1.82) is 0 Å². The van der Waals surface area contributed by atoms with Crippen molar-refractivity contribution in [3.05, 3.63) is 80.3 Å². The molecule has 0 fully saturated rings. The highest BCUT2D eigenvalue weighted by Crippen LogP contribution is 2.16. The van der Waals surface area contributed by atoms with Crippen LogP contribution in [-0.4, -0.2) is 5.78 Å². The molecule has 21 heavy (non-hydrogen) atoms. The molecule has 1 nitrogen and oxygen atoms in total. The first-order valence-electron chi connectivity index (χ1n) is 6.46. The number of hydrogen-bond donors (Lipinski definition) is 0. The van der Waals surface area contributed by atoms with E-state index >= 15 is 0 Å². The topological polar surface area (TPSA) is 17.1 Å². The normalized spacial score (nSPS) is 11.9. The molecule has 0 atom stereocenters. The van der Waals surface area contributed by atoms with E-state index < -0.39 is 0 Å². The van der Waals surface area contributed by atoms with Gasteiger partial charge in [-0.05, 0) is 60.0 Å². The molecule has 0 amide bonds. The smallest absolute Gasteiger partial charge is 0.181 e. The molecule has 0 radical (unpaired) electrons. The fraction of sp³-hybridized carbons (Fsp3) is 0.0556. The van der Waals surface area contributed by atoms with Crippen molar-refractivity contribution >= 4 is 49.8 Å². The van der Waals surface area contributed by atoms with E-state index in [1.165, 1.54) is 0 Å². The third-order valence-corrected chi connectivity index (χ3v) is 3.88. The average Bonchev–Trinajstić information content (AvgIpc) is 2.45. The number of carbonyl (C=O) groups is 1. The van der Waals surface area contributed by atoms with Crippen LogP contribution in [-0.2, 0) is 4.79 Å². The van der Waals surface area contributed by atoms with Gasteiger partial charge < -0.3 is 0 Å². The van der Waals surface area contributed by atoms with Crippen molar-refractivity contribution in [2.75, 3.05) is 0 Å². The van der Waals surface area contributed by atoms with Crippen LogP contribution in [0.4, 0.5) is 0 Å². The lowest BCUT2D eigenvalue weighted by molar-refractivity contribution is -0.111. The summed E-state index contributed by atoms with van der Waals surface area (Å²) in [7, 11) is 0. The Labute approximate surface area is 141 Å². The molecule has 106 valence electrons. The second kappa shape index (κ2) is 7.53. The Morgan fingerprint density at radius 2 is 1.52 bits per heavy atom. The molecule has 0 saturated carbocycles. The Morgan fingerprint density at radius 3 is 2.14 bits per heavy atom. The van der Waals surface area contributed by atoms with Crippen LogP contribution in [0.3, 0.4) is 0 Å². The predicted molar refractivity (Wildman–Crippen MR) is 96.0 cm³/mol. The van der Waals surface area contributed by atoms with E-state index in [1.807, 2.05) is 67.6 Å². The molecule has 0 aliphatic rings.